The van der Waals surface area contributed by atoms with Gasteiger partial charge in [0.25, 0.3) is 0 Å². The first kappa shape index (κ1) is 22.3. The highest BCUT2D eigenvalue weighted by atomic mass is 16.5. The maximum atomic E-state index is 12.7. The molecule has 30 heavy (non-hydrogen) atoms. The normalized spacial score (nSPS) is 22.2. The average Bonchev–Trinajstić information content (AvgIpc) is 2.75. The zero-order chi connectivity index (χ0) is 21.3. The van der Waals surface area contributed by atoms with Crippen LogP contribution < -0.4 is 10.6 Å². The molecule has 0 unspecified atom stereocenters. The zero-order valence-corrected chi connectivity index (χ0v) is 18.0. The molecule has 2 fully saturated rings. The van der Waals surface area contributed by atoms with Gasteiger partial charge in [-0.2, -0.15) is 0 Å². The van der Waals surface area contributed by atoms with Gasteiger partial charge in [0.15, 0.2) is 0 Å². The first-order valence-electron chi connectivity index (χ1n) is 11.4. The van der Waals surface area contributed by atoms with Crippen LogP contribution in [-0.4, -0.2) is 30.4 Å². The Labute approximate surface area is 179 Å². The lowest BCUT2D eigenvalue weighted by Gasteiger charge is -2.29. The molecule has 6 heteroatoms. The highest BCUT2D eigenvalue weighted by Gasteiger charge is 2.28. The third-order valence-electron chi connectivity index (χ3n) is 6.30. The fourth-order valence-electron chi connectivity index (χ4n) is 4.62. The van der Waals surface area contributed by atoms with Crippen molar-refractivity contribution < 1.29 is 19.1 Å². The summed E-state index contributed by atoms with van der Waals surface area (Å²) in [6.45, 7) is 2.08. The number of carbonyl (C=O) groups excluding carboxylic acids is 3. The summed E-state index contributed by atoms with van der Waals surface area (Å²) in [5.74, 6) is 0.237. The van der Waals surface area contributed by atoms with E-state index in [1.165, 1.54) is 32.1 Å². The summed E-state index contributed by atoms with van der Waals surface area (Å²) >= 11 is 0. The Hall–Kier alpha value is -2.37. The molecule has 0 aliphatic heterocycles. The molecule has 6 nitrogen and oxygen atoms in total. The summed E-state index contributed by atoms with van der Waals surface area (Å²) in [5, 5.41) is 6.11. The van der Waals surface area contributed by atoms with Crippen LogP contribution in [0.4, 0.5) is 5.69 Å². The minimum Gasteiger partial charge on any atom is -0.462 e. The molecule has 2 aliphatic rings. The third kappa shape index (κ3) is 6.57. The van der Waals surface area contributed by atoms with Gasteiger partial charge < -0.3 is 15.4 Å². The lowest BCUT2D eigenvalue weighted by atomic mass is 9.84. The first-order chi connectivity index (χ1) is 14.5. The number of esters is 1. The van der Waals surface area contributed by atoms with E-state index >= 15 is 0 Å². The molecular formula is C24H34N2O4. The van der Waals surface area contributed by atoms with Crippen molar-refractivity contribution >= 4 is 23.5 Å². The molecule has 0 spiro atoms. The molecule has 0 aromatic heterocycles. The van der Waals surface area contributed by atoms with Crippen LogP contribution in [0.15, 0.2) is 24.3 Å². The molecule has 0 atom stereocenters. The number of hydrogen-bond donors (Lipinski definition) is 2. The van der Waals surface area contributed by atoms with Crippen LogP contribution in [0.5, 0.6) is 0 Å². The molecule has 0 radical (unpaired) electrons. The number of carbonyl (C=O) groups is 3. The lowest BCUT2D eigenvalue weighted by Crippen LogP contribution is -2.40. The van der Waals surface area contributed by atoms with E-state index in [9.17, 15) is 14.4 Å². The minimum atomic E-state index is -0.391. The Morgan fingerprint density at radius 2 is 1.73 bits per heavy atom. The topological polar surface area (TPSA) is 84.5 Å². The summed E-state index contributed by atoms with van der Waals surface area (Å²) in [4.78, 5) is 36.9. The van der Waals surface area contributed by atoms with Gasteiger partial charge in [0.05, 0.1) is 12.2 Å². The van der Waals surface area contributed by atoms with E-state index in [4.69, 9.17) is 4.74 Å². The average molecular weight is 415 g/mol. The maximum absolute atomic E-state index is 12.7. The molecule has 2 amide bonds. The summed E-state index contributed by atoms with van der Waals surface area (Å²) in [6.07, 6.45) is 10.00. The highest BCUT2D eigenvalue weighted by molar-refractivity contribution is 5.95. The van der Waals surface area contributed by atoms with Crippen LogP contribution >= 0.6 is 0 Å². The zero-order valence-electron chi connectivity index (χ0n) is 18.0. The predicted octanol–water partition coefficient (Wildman–Crippen LogP) is 4.45. The van der Waals surface area contributed by atoms with Crippen LogP contribution in [-0.2, 0) is 14.3 Å². The van der Waals surface area contributed by atoms with Crippen LogP contribution in [0.3, 0.4) is 0 Å². The van der Waals surface area contributed by atoms with Crippen molar-refractivity contribution in [3.8, 4) is 0 Å². The Bertz CT molecular complexity index is 734. The van der Waals surface area contributed by atoms with Crippen molar-refractivity contribution in [1.82, 2.24) is 5.32 Å². The SMILES string of the molecule is CCOC(=O)c1cccc(NC(=O)C2CCC(NC(=O)CC3CCCCC3)CC2)c1. The number of anilines is 1. The van der Waals surface area contributed by atoms with E-state index in [1.807, 2.05) is 0 Å². The summed E-state index contributed by atoms with van der Waals surface area (Å²) < 4.78 is 5.01. The first-order valence-corrected chi connectivity index (χ1v) is 11.4. The van der Waals surface area contributed by atoms with Crippen molar-refractivity contribution in [2.45, 2.75) is 77.2 Å². The monoisotopic (exact) mass is 414 g/mol. The van der Waals surface area contributed by atoms with Gasteiger partial charge >= 0.3 is 5.97 Å². The van der Waals surface area contributed by atoms with Gasteiger partial charge in [-0.1, -0.05) is 25.3 Å². The minimum absolute atomic E-state index is 0.0250. The molecular weight excluding hydrogens is 380 g/mol. The molecule has 0 saturated heterocycles. The van der Waals surface area contributed by atoms with Gasteiger partial charge in [0.2, 0.25) is 11.8 Å². The Balaban J connectivity index is 1.42. The van der Waals surface area contributed by atoms with E-state index < -0.39 is 5.97 Å². The standard InChI is InChI=1S/C24H34N2O4/c1-2-30-24(29)19-9-6-10-21(16-19)26-23(28)18-11-13-20(14-12-18)25-22(27)15-17-7-4-3-5-8-17/h6,9-10,16-18,20H,2-5,7-8,11-15H2,1H3,(H,25,27)(H,26,28). The highest BCUT2D eigenvalue weighted by Crippen LogP contribution is 2.28. The van der Waals surface area contributed by atoms with E-state index in [0.717, 1.165) is 25.7 Å². The van der Waals surface area contributed by atoms with Crippen LogP contribution in [0.1, 0.15) is 81.5 Å². The molecule has 2 saturated carbocycles. The van der Waals surface area contributed by atoms with Gasteiger partial charge in [0, 0.05) is 24.1 Å². The largest absolute Gasteiger partial charge is 0.462 e. The van der Waals surface area contributed by atoms with Gasteiger partial charge in [-0.15, -0.1) is 0 Å². The Kier molecular flexibility index (Phi) is 8.29. The second-order valence-corrected chi connectivity index (χ2v) is 8.61. The van der Waals surface area contributed by atoms with Crippen molar-refractivity contribution in [2.24, 2.45) is 11.8 Å². The number of rotatable bonds is 7. The number of ether oxygens (including phenoxy) is 1. The second-order valence-electron chi connectivity index (χ2n) is 8.61. The van der Waals surface area contributed by atoms with Gasteiger partial charge in [-0.05, 0) is 69.6 Å². The molecule has 164 valence electrons. The summed E-state index contributed by atoms with van der Waals surface area (Å²) in [5.41, 5.74) is 1.03. The van der Waals surface area contributed by atoms with Gasteiger partial charge in [-0.3, -0.25) is 9.59 Å². The number of nitrogens with one attached hydrogen (secondary N) is 2. The summed E-state index contributed by atoms with van der Waals surface area (Å²) in [6, 6.07) is 7.01. The second kappa shape index (κ2) is 11.1. The van der Waals surface area contributed by atoms with Crippen molar-refractivity contribution in [2.75, 3.05) is 11.9 Å². The molecule has 0 heterocycles. The third-order valence-corrected chi connectivity index (χ3v) is 6.30. The molecule has 3 rings (SSSR count). The van der Waals surface area contributed by atoms with Crippen LogP contribution in [0, 0.1) is 11.8 Å². The van der Waals surface area contributed by atoms with Crippen molar-refractivity contribution in [3.05, 3.63) is 29.8 Å². The number of amides is 2. The van der Waals surface area contributed by atoms with E-state index in [1.54, 1.807) is 31.2 Å². The molecule has 0 bridgehead atoms. The fourth-order valence-corrected chi connectivity index (χ4v) is 4.62. The predicted molar refractivity (Wildman–Crippen MR) is 116 cm³/mol. The molecule has 1 aromatic rings. The van der Waals surface area contributed by atoms with E-state index in [2.05, 4.69) is 10.6 Å². The molecule has 2 N–H and O–H groups in total. The van der Waals surface area contributed by atoms with Crippen LogP contribution in [0.2, 0.25) is 0 Å². The van der Waals surface area contributed by atoms with Crippen molar-refractivity contribution in [3.63, 3.8) is 0 Å². The number of hydrogen-bond acceptors (Lipinski definition) is 4. The van der Waals surface area contributed by atoms with E-state index in [-0.39, 0.29) is 23.8 Å². The lowest BCUT2D eigenvalue weighted by molar-refractivity contribution is -0.123. The number of benzene rings is 1. The van der Waals surface area contributed by atoms with Gasteiger partial charge in [0.1, 0.15) is 0 Å². The maximum Gasteiger partial charge on any atom is 0.338 e. The van der Waals surface area contributed by atoms with Gasteiger partial charge in [-0.25, -0.2) is 4.79 Å². The summed E-state index contributed by atoms with van der Waals surface area (Å²) in [7, 11) is 0. The smallest absolute Gasteiger partial charge is 0.338 e. The van der Waals surface area contributed by atoms with Crippen LogP contribution in [0.25, 0.3) is 0 Å². The molecule has 1 aromatic carbocycles. The van der Waals surface area contributed by atoms with E-state index in [0.29, 0.717) is 30.2 Å². The molecule has 2 aliphatic carbocycles. The quantitative estimate of drug-likeness (QED) is 0.646. The Morgan fingerprint density at radius 1 is 1.00 bits per heavy atom. The Morgan fingerprint density at radius 3 is 2.43 bits per heavy atom. The fraction of sp³-hybridized carbons (Fsp3) is 0.625. The van der Waals surface area contributed by atoms with Crippen molar-refractivity contribution in [1.29, 1.82) is 0 Å².